The first-order chi connectivity index (χ1) is 12.5. The van der Waals surface area contributed by atoms with Crippen LogP contribution in [0.3, 0.4) is 0 Å². The number of carbonyl (C=O) groups is 1. The molecular formula is C18H17Cl2FN2O3. The molecule has 1 saturated heterocycles. The molecule has 1 aliphatic rings. The highest BCUT2D eigenvalue weighted by Crippen LogP contribution is 2.28. The molecule has 1 amide bonds. The highest BCUT2D eigenvalue weighted by molar-refractivity contribution is 6.35. The monoisotopic (exact) mass is 398 g/mol. The predicted octanol–water partition coefficient (Wildman–Crippen LogP) is 3.99. The van der Waals surface area contributed by atoms with Crippen LogP contribution in [-0.4, -0.2) is 38.8 Å². The molecule has 5 nitrogen and oxygen atoms in total. The molecule has 0 aromatic heterocycles. The molecule has 0 atom stereocenters. The van der Waals surface area contributed by atoms with Crippen molar-refractivity contribution in [3.63, 3.8) is 0 Å². The molecule has 0 unspecified atom stereocenters. The summed E-state index contributed by atoms with van der Waals surface area (Å²) in [5.74, 6) is -0.678. The van der Waals surface area contributed by atoms with Gasteiger partial charge in [0.15, 0.2) is 6.61 Å². The van der Waals surface area contributed by atoms with Crippen molar-refractivity contribution in [2.75, 3.05) is 43.1 Å². The Balaban J connectivity index is 1.63. The summed E-state index contributed by atoms with van der Waals surface area (Å²) in [4.78, 5) is 14.2. The van der Waals surface area contributed by atoms with Gasteiger partial charge in [0.1, 0.15) is 11.6 Å². The Labute approximate surface area is 160 Å². The molecule has 0 saturated carbocycles. The third-order valence-corrected chi connectivity index (χ3v) is 4.38. The molecular weight excluding hydrogens is 382 g/mol. The van der Waals surface area contributed by atoms with Crippen molar-refractivity contribution in [3.8, 4) is 5.75 Å². The van der Waals surface area contributed by atoms with Crippen molar-refractivity contribution in [1.82, 2.24) is 0 Å². The number of halogens is 3. The van der Waals surface area contributed by atoms with Crippen LogP contribution in [0.4, 0.5) is 15.8 Å². The van der Waals surface area contributed by atoms with Gasteiger partial charge in [-0.1, -0.05) is 23.2 Å². The number of hydrogen-bond acceptors (Lipinski definition) is 4. The molecule has 2 aromatic carbocycles. The normalized spacial score (nSPS) is 14.2. The Kier molecular flexibility index (Phi) is 6.19. The molecule has 1 fully saturated rings. The van der Waals surface area contributed by atoms with Gasteiger partial charge in [0.25, 0.3) is 5.91 Å². The minimum atomic E-state index is -0.514. The Bertz CT molecular complexity index is 798. The van der Waals surface area contributed by atoms with E-state index in [4.69, 9.17) is 32.7 Å². The SMILES string of the molecule is O=C(COc1ccc(Cl)cc1Cl)Nc1cc(N2CCOCC2)ccc1F. The van der Waals surface area contributed by atoms with Crippen LogP contribution in [0.5, 0.6) is 5.75 Å². The molecule has 0 aliphatic carbocycles. The van der Waals surface area contributed by atoms with Crippen LogP contribution < -0.4 is 15.0 Å². The lowest BCUT2D eigenvalue weighted by molar-refractivity contribution is -0.118. The molecule has 138 valence electrons. The summed E-state index contributed by atoms with van der Waals surface area (Å²) in [6, 6.07) is 9.30. The second-order valence-electron chi connectivity index (χ2n) is 5.68. The van der Waals surface area contributed by atoms with E-state index in [0.717, 1.165) is 18.8 Å². The highest BCUT2D eigenvalue weighted by Gasteiger charge is 2.15. The molecule has 0 spiro atoms. The average Bonchev–Trinajstić information content (AvgIpc) is 2.63. The maximum Gasteiger partial charge on any atom is 0.262 e. The number of morpholine rings is 1. The second kappa shape index (κ2) is 8.58. The predicted molar refractivity (Wildman–Crippen MR) is 100 cm³/mol. The standard InChI is InChI=1S/C18H17Cl2FN2O3/c19-12-1-4-17(14(20)9-12)26-11-18(24)22-16-10-13(2-3-15(16)21)23-5-7-25-8-6-23/h1-4,9-10H,5-8,11H2,(H,22,24). The van der Waals surface area contributed by atoms with Gasteiger partial charge in [-0.3, -0.25) is 4.79 Å². The maximum atomic E-state index is 14.0. The smallest absolute Gasteiger partial charge is 0.262 e. The lowest BCUT2D eigenvalue weighted by atomic mass is 10.2. The van der Waals surface area contributed by atoms with E-state index in [1.807, 2.05) is 0 Å². The number of benzene rings is 2. The van der Waals surface area contributed by atoms with E-state index < -0.39 is 11.7 Å². The van der Waals surface area contributed by atoms with Gasteiger partial charge in [-0.2, -0.15) is 0 Å². The Hall–Kier alpha value is -2.02. The highest BCUT2D eigenvalue weighted by atomic mass is 35.5. The van der Waals surface area contributed by atoms with Crippen LogP contribution in [0, 0.1) is 5.82 Å². The number of rotatable bonds is 5. The molecule has 1 heterocycles. The second-order valence-corrected chi connectivity index (χ2v) is 6.52. The van der Waals surface area contributed by atoms with Crippen molar-refractivity contribution in [3.05, 3.63) is 52.3 Å². The third-order valence-electron chi connectivity index (χ3n) is 3.85. The van der Waals surface area contributed by atoms with E-state index in [1.165, 1.54) is 12.1 Å². The summed E-state index contributed by atoms with van der Waals surface area (Å²) < 4.78 is 24.7. The van der Waals surface area contributed by atoms with Gasteiger partial charge >= 0.3 is 0 Å². The lowest BCUT2D eigenvalue weighted by Gasteiger charge is -2.29. The van der Waals surface area contributed by atoms with E-state index in [0.29, 0.717) is 29.0 Å². The summed E-state index contributed by atoms with van der Waals surface area (Å²) in [5, 5.41) is 3.29. The Morgan fingerprint density at radius 2 is 1.96 bits per heavy atom. The number of carbonyl (C=O) groups excluding carboxylic acids is 1. The van der Waals surface area contributed by atoms with Gasteiger partial charge in [0.2, 0.25) is 0 Å². The van der Waals surface area contributed by atoms with Gasteiger partial charge in [-0.05, 0) is 36.4 Å². The molecule has 1 N–H and O–H groups in total. The van der Waals surface area contributed by atoms with E-state index in [-0.39, 0.29) is 12.3 Å². The minimum absolute atomic E-state index is 0.102. The van der Waals surface area contributed by atoms with E-state index in [2.05, 4.69) is 10.2 Å². The van der Waals surface area contributed by atoms with Crippen LogP contribution in [0.15, 0.2) is 36.4 Å². The van der Waals surface area contributed by atoms with Crippen LogP contribution in [-0.2, 0) is 9.53 Å². The largest absolute Gasteiger partial charge is 0.482 e. The average molecular weight is 399 g/mol. The minimum Gasteiger partial charge on any atom is -0.482 e. The zero-order valence-electron chi connectivity index (χ0n) is 13.8. The van der Waals surface area contributed by atoms with Crippen molar-refractivity contribution >= 4 is 40.5 Å². The fourth-order valence-corrected chi connectivity index (χ4v) is 3.01. The third kappa shape index (κ3) is 4.78. The molecule has 8 heteroatoms. The number of nitrogens with zero attached hydrogens (tertiary/aromatic N) is 1. The van der Waals surface area contributed by atoms with E-state index in [1.54, 1.807) is 24.3 Å². The fourth-order valence-electron chi connectivity index (χ4n) is 2.55. The molecule has 3 rings (SSSR count). The van der Waals surface area contributed by atoms with Crippen LogP contribution in [0.1, 0.15) is 0 Å². The quantitative estimate of drug-likeness (QED) is 0.827. The number of amides is 1. The van der Waals surface area contributed by atoms with Crippen molar-refractivity contribution in [2.45, 2.75) is 0 Å². The van der Waals surface area contributed by atoms with Crippen molar-refractivity contribution in [1.29, 1.82) is 0 Å². The summed E-state index contributed by atoms with van der Waals surface area (Å²) in [6.45, 7) is 2.38. The molecule has 0 bridgehead atoms. The van der Waals surface area contributed by atoms with Gasteiger partial charge in [0.05, 0.1) is 23.9 Å². The topological polar surface area (TPSA) is 50.8 Å². The first-order valence-electron chi connectivity index (χ1n) is 8.03. The van der Waals surface area contributed by atoms with Crippen molar-refractivity contribution in [2.24, 2.45) is 0 Å². The van der Waals surface area contributed by atoms with Gasteiger partial charge in [-0.25, -0.2) is 4.39 Å². The van der Waals surface area contributed by atoms with E-state index >= 15 is 0 Å². The van der Waals surface area contributed by atoms with Crippen LogP contribution in [0.25, 0.3) is 0 Å². The summed E-state index contributed by atoms with van der Waals surface area (Å²) in [5.41, 5.74) is 0.927. The van der Waals surface area contributed by atoms with Gasteiger partial charge < -0.3 is 19.7 Å². The Morgan fingerprint density at radius 1 is 1.19 bits per heavy atom. The maximum absolute atomic E-state index is 14.0. The summed E-state index contributed by atoms with van der Waals surface area (Å²) in [7, 11) is 0. The first kappa shape index (κ1) is 18.8. The van der Waals surface area contributed by atoms with Crippen molar-refractivity contribution < 1.29 is 18.7 Å². The number of ether oxygens (including phenoxy) is 2. The lowest BCUT2D eigenvalue weighted by Crippen LogP contribution is -2.36. The Morgan fingerprint density at radius 3 is 2.69 bits per heavy atom. The van der Waals surface area contributed by atoms with Crippen LogP contribution in [0.2, 0.25) is 10.0 Å². The summed E-state index contributed by atoms with van der Waals surface area (Å²) in [6.07, 6.45) is 0. The zero-order chi connectivity index (χ0) is 18.5. The summed E-state index contributed by atoms with van der Waals surface area (Å²) >= 11 is 11.8. The molecule has 26 heavy (non-hydrogen) atoms. The first-order valence-corrected chi connectivity index (χ1v) is 8.78. The molecule has 1 aliphatic heterocycles. The number of nitrogens with one attached hydrogen (secondary N) is 1. The van der Waals surface area contributed by atoms with Crippen LogP contribution >= 0.6 is 23.2 Å². The number of hydrogen-bond donors (Lipinski definition) is 1. The molecule has 0 radical (unpaired) electrons. The zero-order valence-corrected chi connectivity index (χ0v) is 15.3. The van der Waals surface area contributed by atoms with Gasteiger partial charge in [-0.15, -0.1) is 0 Å². The van der Waals surface area contributed by atoms with Gasteiger partial charge in [0, 0.05) is 23.8 Å². The van der Waals surface area contributed by atoms with E-state index in [9.17, 15) is 9.18 Å². The fraction of sp³-hybridized carbons (Fsp3) is 0.278. The molecule has 2 aromatic rings. The number of anilines is 2.